The van der Waals surface area contributed by atoms with Gasteiger partial charge in [-0.25, -0.2) is 4.79 Å². The average Bonchev–Trinajstić information content (AvgIpc) is 3.43. The zero-order valence-corrected chi connectivity index (χ0v) is 16.7. The summed E-state index contributed by atoms with van der Waals surface area (Å²) in [6.45, 7) is 2.14. The van der Waals surface area contributed by atoms with Crippen LogP contribution in [-0.2, 0) is 4.79 Å². The molecule has 2 aromatic rings. The quantitative estimate of drug-likeness (QED) is 0.822. The fourth-order valence-electron chi connectivity index (χ4n) is 3.77. The Morgan fingerprint density at radius 1 is 1.10 bits per heavy atom. The van der Waals surface area contributed by atoms with Gasteiger partial charge in [0.05, 0.1) is 19.4 Å². The lowest BCUT2D eigenvalue weighted by molar-refractivity contribution is -0.117. The topological polar surface area (TPSA) is 95.3 Å². The molecule has 158 valence electrons. The molecule has 2 fully saturated rings. The van der Waals surface area contributed by atoms with Crippen molar-refractivity contribution in [2.45, 2.75) is 12.5 Å². The molecule has 1 aromatic carbocycles. The molecule has 0 radical (unpaired) electrons. The largest absolute Gasteiger partial charge is 0.497 e. The van der Waals surface area contributed by atoms with Gasteiger partial charge in [0.2, 0.25) is 5.91 Å². The van der Waals surface area contributed by atoms with Gasteiger partial charge in [-0.3, -0.25) is 9.59 Å². The molecule has 0 unspecified atom stereocenters. The number of hydrogen-bond donors (Lipinski definition) is 1. The van der Waals surface area contributed by atoms with Crippen molar-refractivity contribution in [1.29, 1.82) is 0 Å². The van der Waals surface area contributed by atoms with E-state index >= 15 is 0 Å². The molecule has 2 aliphatic rings. The number of rotatable bonds is 4. The van der Waals surface area contributed by atoms with E-state index in [-0.39, 0.29) is 30.3 Å². The van der Waals surface area contributed by atoms with Gasteiger partial charge < -0.3 is 29.2 Å². The number of nitrogens with zero attached hydrogens (tertiary/aromatic N) is 3. The molecule has 9 heteroatoms. The highest BCUT2D eigenvalue weighted by Gasteiger charge is 2.33. The Morgan fingerprint density at radius 2 is 1.87 bits per heavy atom. The third-order valence-electron chi connectivity index (χ3n) is 5.40. The van der Waals surface area contributed by atoms with Crippen LogP contribution >= 0.6 is 0 Å². The zero-order valence-electron chi connectivity index (χ0n) is 16.7. The number of methoxy groups -OCH3 is 1. The van der Waals surface area contributed by atoms with Gasteiger partial charge in [0.1, 0.15) is 5.75 Å². The summed E-state index contributed by atoms with van der Waals surface area (Å²) >= 11 is 0. The van der Waals surface area contributed by atoms with Crippen molar-refractivity contribution < 1.29 is 23.5 Å². The number of piperazine rings is 1. The average molecular weight is 412 g/mol. The van der Waals surface area contributed by atoms with E-state index in [2.05, 4.69) is 5.32 Å². The van der Waals surface area contributed by atoms with Gasteiger partial charge >= 0.3 is 6.03 Å². The normalized spacial score (nSPS) is 19.2. The van der Waals surface area contributed by atoms with Crippen molar-refractivity contribution in [3.05, 3.63) is 48.4 Å². The summed E-state index contributed by atoms with van der Waals surface area (Å²) in [6, 6.07) is 10.1. The monoisotopic (exact) mass is 412 g/mol. The molecular formula is C21H24N4O5. The number of ether oxygens (including phenoxy) is 1. The Kier molecular flexibility index (Phi) is 5.60. The summed E-state index contributed by atoms with van der Waals surface area (Å²) in [5, 5.41) is 2.95. The SMILES string of the molecule is COc1cccc(N2C[C@@H](NC(=O)N3CCN(C(=O)c4ccco4)CC3)CC2=O)c1. The first kappa shape index (κ1) is 19.8. The molecular weight excluding hydrogens is 388 g/mol. The molecule has 1 aromatic heterocycles. The van der Waals surface area contributed by atoms with Gasteiger partial charge in [0.25, 0.3) is 5.91 Å². The van der Waals surface area contributed by atoms with Gasteiger partial charge in [-0.1, -0.05) is 6.07 Å². The van der Waals surface area contributed by atoms with Crippen LogP contribution in [0.25, 0.3) is 0 Å². The van der Waals surface area contributed by atoms with E-state index in [9.17, 15) is 14.4 Å². The fourth-order valence-corrected chi connectivity index (χ4v) is 3.77. The molecule has 0 bridgehead atoms. The highest BCUT2D eigenvalue weighted by Crippen LogP contribution is 2.25. The van der Waals surface area contributed by atoms with Crippen LogP contribution in [0.2, 0.25) is 0 Å². The van der Waals surface area contributed by atoms with Crippen molar-refractivity contribution in [2.75, 3.05) is 44.7 Å². The Hall–Kier alpha value is -3.49. The number of furan rings is 1. The molecule has 9 nitrogen and oxygen atoms in total. The lowest BCUT2D eigenvalue weighted by Crippen LogP contribution is -2.54. The molecule has 2 saturated heterocycles. The molecule has 30 heavy (non-hydrogen) atoms. The lowest BCUT2D eigenvalue weighted by Gasteiger charge is -2.34. The number of amides is 4. The molecule has 4 rings (SSSR count). The molecule has 1 N–H and O–H groups in total. The number of carbonyl (C=O) groups excluding carboxylic acids is 3. The van der Waals surface area contributed by atoms with E-state index < -0.39 is 0 Å². The van der Waals surface area contributed by atoms with Crippen molar-refractivity contribution in [3.63, 3.8) is 0 Å². The van der Waals surface area contributed by atoms with E-state index in [0.29, 0.717) is 44.2 Å². The van der Waals surface area contributed by atoms with Crippen LogP contribution in [0.4, 0.5) is 10.5 Å². The van der Waals surface area contributed by atoms with E-state index in [1.165, 1.54) is 6.26 Å². The number of hydrogen-bond acceptors (Lipinski definition) is 5. The van der Waals surface area contributed by atoms with Crippen LogP contribution in [0.3, 0.4) is 0 Å². The minimum Gasteiger partial charge on any atom is -0.497 e. The van der Waals surface area contributed by atoms with Crippen LogP contribution in [0.1, 0.15) is 17.0 Å². The van der Waals surface area contributed by atoms with Crippen molar-refractivity contribution in [2.24, 2.45) is 0 Å². The van der Waals surface area contributed by atoms with Crippen LogP contribution in [-0.4, -0.2) is 73.5 Å². The number of nitrogens with one attached hydrogen (secondary N) is 1. The lowest BCUT2D eigenvalue weighted by atomic mass is 10.2. The van der Waals surface area contributed by atoms with Gasteiger partial charge in [-0.2, -0.15) is 0 Å². The first-order valence-electron chi connectivity index (χ1n) is 9.88. The van der Waals surface area contributed by atoms with Crippen molar-refractivity contribution in [1.82, 2.24) is 15.1 Å². The maximum absolute atomic E-state index is 12.7. The van der Waals surface area contributed by atoms with E-state index in [0.717, 1.165) is 5.69 Å². The number of carbonyl (C=O) groups is 3. The predicted octanol–water partition coefficient (Wildman–Crippen LogP) is 1.56. The standard InChI is InChI=1S/C21H24N4O5/c1-29-17-5-2-4-16(13-17)25-14-15(12-19(25)26)22-21(28)24-9-7-23(8-10-24)20(27)18-6-3-11-30-18/h2-6,11,13,15H,7-10,12,14H2,1H3,(H,22,28)/t15-/m0/s1. The molecule has 0 spiro atoms. The first-order chi connectivity index (χ1) is 14.5. The number of urea groups is 1. The Morgan fingerprint density at radius 3 is 2.57 bits per heavy atom. The number of anilines is 1. The summed E-state index contributed by atoms with van der Waals surface area (Å²) in [6.07, 6.45) is 1.72. The second kappa shape index (κ2) is 8.48. The summed E-state index contributed by atoms with van der Waals surface area (Å²) in [5.74, 6) is 0.766. The zero-order chi connectivity index (χ0) is 21.1. The summed E-state index contributed by atoms with van der Waals surface area (Å²) in [7, 11) is 1.58. The van der Waals surface area contributed by atoms with E-state index in [1.54, 1.807) is 40.0 Å². The smallest absolute Gasteiger partial charge is 0.317 e. The molecule has 4 amide bonds. The third kappa shape index (κ3) is 4.10. The fraction of sp³-hybridized carbons (Fsp3) is 0.381. The molecule has 3 heterocycles. The minimum atomic E-state index is -0.265. The Labute approximate surface area is 174 Å². The highest BCUT2D eigenvalue weighted by molar-refractivity contribution is 5.97. The van der Waals surface area contributed by atoms with Crippen molar-refractivity contribution in [3.8, 4) is 5.75 Å². The summed E-state index contributed by atoms with van der Waals surface area (Å²) in [5.41, 5.74) is 0.751. The summed E-state index contributed by atoms with van der Waals surface area (Å²) in [4.78, 5) is 42.4. The molecule has 0 aliphatic carbocycles. The van der Waals surface area contributed by atoms with Crippen LogP contribution in [0, 0.1) is 0 Å². The van der Waals surface area contributed by atoms with Gasteiger partial charge in [-0.15, -0.1) is 0 Å². The Balaban J connectivity index is 1.29. The van der Waals surface area contributed by atoms with E-state index in [4.69, 9.17) is 9.15 Å². The van der Waals surface area contributed by atoms with Crippen LogP contribution in [0.15, 0.2) is 47.1 Å². The molecule has 1 atom stereocenters. The van der Waals surface area contributed by atoms with Gasteiger partial charge in [-0.05, 0) is 24.3 Å². The van der Waals surface area contributed by atoms with E-state index in [1.807, 2.05) is 18.2 Å². The third-order valence-corrected chi connectivity index (χ3v) is 5.40. The minimum absolute atomic E-state index is 0.0394. The molecule has 0 saturated carbocycles. The van der Waals surface area contributed by atoms with Crippen LogP contribution in [0.5, 0.6) is 5.75 Å². The number of benzene rings is 1. The summed E-state index contributed by atoms with van der Waals surface area (Å²) < 4.78 is 10.4. The van der Waals surface area contributed by atoms with Crippen LogP contribution < -0.4 is 15.0 Å². The maximum Gasteiger partial charge on any atom is 0.317 e. The second-order valence-electron chi connectivity index (χ2n) is 7.31. The predicted molar refractivity (Wildman–Crippen MR) is 108 cm³/mol. The van der Waals surface area contributed by atoms with Gasteiger partial charge in [0, 0.05) is 50.9 Å². The maximum atomic E-state index is 12.7. The van der Waals surface area contributed by atoms with Gasteiger partial charge in [0.15, 0.2) is 5.76 Å². The molecule has 2 aliphatic heterocycles. The first-order valence-corrected chi connectivity index (χ1v) is 9.88. The highest BCUT2D eigenvalue weighted by atomic mass is 16.5. The Bertz CT molecular complexity index is 921. The van der Waals surface area contributed by atoms with Crippen molar-refractivity contribution >= 4 is 23.5 Å². The second-order valence-corrected chi connectivity index (χ2v) is 7.31.